The topological polar surface area (TPSA) is 58.1 Å². The Kier molecular flexibility index (Phi) is 6.15. The summed E-state index contributed by atoms with van der Waals surface area (Å²) in [6.07, 6.45) is 2.61. The summed E-state index contributed by atoms with van der Waals surface area (Å²) in [6.45, 7) is 5.26. The van der Waals surface area contributed by atoms with Crippen LogP contribution in [0.5, 0.6) is 0 Å². The van der Waals surface area contributed by atoms with Gasteiger partial charge in [-0.15, -0.1) is 0 Å². The van der Waals surface area contributed by atoms with Crippen LogP contribution in [0.4, 0.5) is 11.6 Å². The van der Waals surface area contributed by atoms with E-state index < -0.39 is 0 Å². The molecule has 0 aliphatic carbocycles. The highest BCUT2D eigenvalue weighted by atomic mass is 16.2. The minimum absolute atomic E-state index is 0.104. The fraction of sp³-hybridized carbons (Fsp3) is 0.227. The minimum atomic E-state index is -0.104. The van der Waals surface area contributed by atoms with Gasteiger partial charge in [0, 0.05) is 25.0 Å². The van der Waals surface area contributed by atoms with Crippen LogP contribution < -0.4 is 5.32 Å². The molecule has 1 aromatic heterocycles. The van der Waals surface area contributed by atoms with Gasteiger partial charge in [-0.3, -0.25) is 4.79 Å². The molecule has 0 aliphatic heterocycles. The van der Waals surface area contributed by atoms with Gasteiger partial charge in [0.1, 0.15) is 5.69 Å². The van der Waals surface area contributed by atoms with E-state index in [4.69, 9.17) is 0 Å². The van der Waals surface area contributed by atoms with Crippen LogP contribution in [0, 0.1) is 0 Å². The smallest absolute Gasteiger partial charge is 0.272 e. The Labute approximate surface area is 160 Å². The predicted molar refractivity (Wildman–Crippen MR) is 108 cm³/mol. The third-order valence-electron chi connectivity index (χ3n) is 4.38. The lowest BCUT2D eigenvalue weighted by molar-refractivity contribution is 0.0746. The average Bonchev–Trinajstić information content (AvgIpc) is 2.73. The average molecular weight is 360 g/mol. The van der Waals surface area contributed by atoms with E-state index in [9.17, 15) is 4.79 Å². The van der Waals surface area contributed by atoms with Gasteiger partial charge in [0.25, 0.3) is 5.91 Å². The van der Waals surface area contributed by atoms with Gasteiger partial charge in [0.05, 0.1) is 0 Å². The second-order valence-electron chi connectivity index (χ2n) is 6.25. The maximum atomic E-state index is 12.9. The monoisotopic (exact) mass is 360 g/mol. The number of hydrogen-bond acceptors (Lipinski definition) is 4. The molecule has 2 aromatic carbocycles. The van der Waals surface area contributed by atoms with Crippen molar-refractivity contribution in [3.05, 3.63) is 83.7 Å². The predicted octanol–water partition coefficient (Wildman–Crippen LogP) is 4.44. The molecule has 1 N–H and O–H groups in total. The number of amides is 1. The van der Waals surface area contributed by atoms with E-state index in [-0.39, 0.29) is 5.91 Å². The zero-order valence-electron chi connectivity index (χ0n) is 15.7. The second-order valence-corrected chi connectivity index (χ2v) is 6.25. The number of carbonyl (C=O) groups is 1. The molecule has 1 amide bonds. The van der Waals surface area contributed by atoms with Crippen molar-refractivity contribution in [1.82, 2.24) is 14.9 Å². The van der Waals surface area contributed by atoms with Crippen LogP contribution in [0.3, 0.4) is 0 Å². The van der Waals surface area contributed by atoms with Crippen molar-refractivity contribution in [2.75, 3.05) is 11.9 Å². The first-order valence-corrected chi connectivity index (χ1v) is 9.21. The number of aromatic nitrogens is 2. The molecule has 0 spiro atoms. The highest BCUT2D eigenvalue weighted by molar-refractivity contribution is 5.92. The maximum absolute atomic E-state index is 12.9. The fourth-order valence-corrected chi connectivity index (χ4v) is 2.78. The summed E-state index contributed by atoms with van der Waals surface area (Å²) in [6, 6.07) is 19.7. The number of rotatable bonds is 7. The first-order chi connectivity index (χ1) is 13.2. The molecule has 0 bridgehead atoms. The summed E-state index contributed by atoms with van der Waals surface area (Å²) < 4.78 is 0. The Hall–Kier alpha value is -3.21. The quantitative estimate of drug-likeness (QED) is 0.676. The molecule has 5 nitrogen and oxygen atoms in total. The van der Waals surface area contributed by atoms with Gasteiger partial charge < -0.3 is 10.2 Å². The molecule has 0 fully saturated rings. The summed E-state index contributed by atoms with van der Waals surface area (Å²) in [4.78, 5) is 23.3. The summed E-state index contributed by atoms with van der Waals surface area (Å²) in [5.74, 6) is 0.314. The third-order valence-corrected chi connectivity index (χ3v) is 4.38. The van der Waals surface area contributed by atoms with Crippen LogP contribution in [-0.4, -0.2) is 27.3 Å². The number of anilines is 2. The van der Waals surface area contributed by atoms with E-state index >= 15 is 0 Å². The molecule has 0 saturated carbocycles. The Morgan fingerprint density at radius 3 is 2.37 bits per heavy atom. The molecule has 5 heteroatoms. The van der Waals surface area contributed by atoms with Crippen molar-refractivity contribution in [1.29, 1.82) is 0 Å². The molecule has 0 aliphatic rings. The van der Waals surface area contributed by atoms with E-state index in [1.807, 2.05) is 49.4 Å². The Balaban J connectivity index is 1.73. The molecule has 27 heavy (non-hydrogen) atoms. The third kappa shape index (κ3) is 4.91. The van der Waals surface area contributed by atoms with Crippen LogP contribution >= 0.6 is 0 Å². The van der Waals surface area contributed by atoms with Crippen LogP contribution in [0.1, 0.15) is 35.5 Å². The van der Waals surface area contributed by atoms with Gasteiger partial charge in [-0.05, 0) is 42.7 Å². The van der Waals surface area contributed by atoms with Crippen molar-refractivity contribution in [2.24, 2.45) is 0 Å². The van der Waals surface area contributed by atoms with Crippen molar-refractivity contribution in [3.63, 3.8) is 0 Å². The molecular weight excluding hydrogens is 336 g/mol. The largest absolute Gasteiger partial charge is 0.333 e. The Morgan fingerprint density at radius 2 is 1.70 bits per heavy atom. The number of hydrogen-bond donors (Lipinski definition) is 1. The van der Waals surface area contributed by atoms with Crippen LogP contribution in [-0.2, 0) is 13.0 Å². The van der Waals surface area contributed by atoms with Crippen molar-refractivity contribution in [3.8, 4) is 0 Å². The van der Waals surface area contributed by atoms with Crippen LogP contribution in [0.15, 0.2) is 66.9 Å². The van der Waals surface area contributed by atoms with Gasteiger partial charge in [0.15, 0.2) is 0 Å². The van der Waals surface area contributed by atoms with Crippen molar-refractivity contribution >= 4 is 17.5 Å². The van der Waals surface area contributed by atoms with E-state index in [0.29, 0.717) is 24.7 Å². The number of carbonyl (C=O) groups excluding carboxylic acids is 1. The zero-order valence-corrected chi connectivity index (χ0v) is 15.7. The lowest BCUT2D eigenvalue weighted by Crippen LogP contribution is -2.31. The lowest BCUT2D eigenvalue weighted by atomic mass is 10.1. The standard InChI is InChI=1S/C22H24N4O/c1-3-17-10-12-19(13-11-17)24-22-23-15-14-20(25-22)21(27)26(4-2)16-18-8-6-5-7-9-18/h5-15H,3-4,16H2,1-2H3,(H,23,24,25). The molecule has 0 unspecified atom stereocenters. The molecule has 0 saturated heterocycles. The summed E-state index contributed by atoms with van der Waals surface area (Å²) in [5.41, 5.74) is 3.64. The maximum Gasteiger partial charge on any atom is 0.272 e. The second kappa shape index (κ2) is 8.94. The highest BCUT2D eigenvalue weighted by Crippen LogP contribution is 2.15. The Morgan fingerprint density at radius 1 is 0.963 bits per heavy atom. The molecule has 0 radical (unpaired) electrons. The molecule has 3 aromatic rings. The van der Waals surface area contributed by atoms with E-state index in [0.717, 1.165) is 17.7 Å². The summed E-state index contributed by atoms with van der Waals surface area (Å²) >= 11 is 0. The van der Waals surface area contributed by atoms with Gasteiger partial charge in [0.2, 0.25) is 5.95 Å². The molecular formula is C22H24N4O. The van der Waals surface area contributed by atoms with E-state index in [1.165, 1.54) is 5.56 Å². The zero-order chi connectivity index (χ0) is 19.1. The lowest BCUT2D eigenvalue weighted by Gasteiger charge is -2.20. The molecule has 138 valence electrons. The molecule has 0 atom stereocenters. The normalized spacial score (nSPS) is 10.4. The van der Waals surface area contributed by atoms with Gasteiger partial charge in [-0.1, -0.05) is 49.4 Å². The summed E-state index contributed by atoms with van der Waals surface area (Å²) in [5, 5.41) is 3.16. The van der Waals surface area contributed by atoms with Crippen molar-refractivity contribution in [2.45, 2.75) is 26.8 Å². The van der Waals surface area contributed by atoms with Gasteiger partial charge in [-0.25, -0.2) is 9.97 Å². The number of nitrogens with one attached hydrogen (secondary N) is 1. The Bertz CT molecular complexity index is 878. The fourth-order valence-electron chi connectivity index (χ4n) is 2.78. The SMILES string of the molecule is CCc1ccc(Nc2nccc(C(=O)N(CC)Cc3ccccc3)n2)cc1. The number of benzene rings is 2. The van der Waals surface area contributed by atoms with E-state index in [2.05, 4.69) is 34.3 Å². The van der Waals surface area contributed by atoms with Crippen LogP contribution in [0.25, 0.3) is 0 Å². The highest BCUT2D eigenvalue weighted by Gasteiger charge is 2.16. The minimum Gasteiger partial charge on any atom is -0.333 e. The first kappa shape index (κ1) is 18.6. The summed E-state index contributed by atoms with van der Waals surface area (Å²) in [7, 11) is 0. The number of nitrogens with zero attached hydrogens (tertiary/aromatic N) is 3. The van der Waals surface area contributed by atoms with Crippen LogP contribution in [0.2, 0.25) is 0 Å². The van der Waals surface area contributed by atoms with Crippen molar-refractivity contribution < 1.29 is 4.79 Å². The molecule has 3 rings (SSSR count). The van der Waals surface area contributed by atoms with Gasteiger partial charge >= 0.3 is 0 Å². The first-order valence-electron chi connectivity index (χ1n) is 9.21. The molecule has 1 heterocycles. The van der Waals surface area contributed by atoms with Gasteiger partial charge in [-0.2, -0.15) is 0 Å². The number of aryl methyl sites for hydroxylation is 1. The van der Waals surface area contributed by atoms with E-state index in [1.54, 1.807) is 17.2 Å².